The Balaban J connectivity index is 1.48. The minimum absolute atomic E-state index is 0.571. The van der Waals surface area contributed by atoms with Crippen molar-refractivity contribution >= 4 is 0 Å². The molecule has 3 heterocycles. The van der Waals surface area contributed by atoms with Crippen molar-refractivity contribution in [2.24, 2.45) is 5.92 Å². The Kier molecular flexibility index (Phi) is 4.53. The molecular formula is C19H24N4O2. The largest absolute Gasteiger partial charge is 0.481 e. The van der Waals surface area contributed by atoms with Crippen molar-refractivity contribution in [1.82, 2.24) is 19.9 Å². The van der Waals surface area contributed by atoms with Crippen LogP contribution in [0.3, 0.4) is 0 Å². The van der Waals surface area contributed by atoms with Crippen molar-refractivity contribution in [3.05, 3.63) is 41.0 Å². The van der Waals surface area contributed by atoms with Crippen LogP contribution in [0.4, 0.5) is 0 Å². The molecule has 0 bridgehead atoms. The molecule has 132 valence electrons. The normalized spacial score (nSPS) is 17.2. The maximum atomic E-state index is 5.43. The Bertz CT molecular complexity index is 761. The van der Waals surface area contributed by atoms with E-state index in [2.05, 4.69) is 14.9 Å². The molecule has 1 fully saturated rings. The highest BCUT2D eigenvalue weighted by Gasteiger charge is 2.25. The zero-order valence-electron chi connectivity index (χ0n) is 14.9. The predicted octanol–water partition coefficient (Wildman–Crippen LogP) is 2.40. The summed E-state index contributed by atoms with van der Waals surface area (Å²) in [5.41, 5.74) is 3.53. The number of methoxy groups -OCH3 is 2. The number of hydrogen-bond donors (Lipinski definition) is 0. The molecule has 6 nitrogen and oxygen atoms in total. The Hall–Kier alpha value is -2.21. The molecule has 4 rings (SSSR count). The molecule has 2 aliphatic rings. The highest BCUT2D eigenvalue weighted by molar-refractivity contribution is 5.31. The Morgan fingerprint density at radius 3 is 2.80 bits per heavy atom. The van der Waals surface area contributed by atoms with E-state index in [1.807, 2.05) is 18.3 Å². The van der Waals surface area contributed by atoms with Crippen LogP contribution in [0.15, 0.2) is 18.3 Å². The number of aromatic nitrogens is 3. The summed E-state index contributed by atoms with van der Waals surface area (Å²) < 4.78 is 10.6. The van der Waals surface area contributed by atoms with Crippen LogP contribution in [-0.4, -0.2) is 40.6 Å². The maximum absolute atomic E-state index is 5.43. The van der Waals surface area contributed by atoms with Gasteiger partial charge in [0.2, 0.25) is 11.8 Å². The molecule has 2 aromatic rings. The molecule has 0 atom stereocenters. The third-order valence-corrected chi connectivity index (χ3v) is 4.95. The van der Waals surface area contributed by atoms with E-state index in [9.17, 15) is 0 Å². The van der Waals surface area contributed by atoms with Gasteiger partial charge in [0.1, 0.15) is 5.82 Å². The maximum Gasteiger partial charge on any atom is 0.220 e. The second-order valence-electron chi connectivity index (χ2n) is 6.89. The number of ether oxygens (including phenoxy) is 2. The first-order chi connectivity index (χ1) is 12.2. The molecule has 2 aromatic heterocycles. The molecule has 25 heavy (non-hydrogen) atoms. The average Bonchev–Trinajstić information content (AvgIpc) is 3.45. The van der Waals surface area contributed by atoms with E-state index in [1.165, 1.54) is 24.1 Å². The zero-order chi connectivity index (χ0) is 17.2. The minimum atomic E-state index is 0.571. The fourth-order valence-electron chi connectivity index (χ4n) is 3.32. The molecule has 0 aromatic carbocycles. The smallest absolute Gasteiger partial charge is 0.220 e. The quantitative estimate of drug-likeness (QED) is 0.805. The number of pyridine rings is 1. The highest BCUT2D eigenvalue weighted by atomic mass is 16.5. The van der Waals surface area contributed by atoms with Gasteiger partial charge in [-0.05, 0) is 36.8 Å². The Morgan fingerprint density at radius 2 is 2.04 bits per heavy atom. The van der Waals surface area contributed by atoms with Gasteiger partial charge in [0.05, 0.1) is 19.9 Å². The fourth-order valence-corrected chi connectivity index (χ4v) is 3.32. The van der Waals surface area contributed by atoms with Gasteiger partial charge in [-0.2, -0.15) is 4.98 Å². The van der Waals surface area contributed by atoms with Crippen LogP contribution in [0.2, 0.25) is 0 Å². The first kappa shape index (κ1) is 16.3. The van der Waals surface area contributed by atoms with E-state index in [0.717, 1.165) is 49.8 Å². The summed E-state index contributed by atoms with van der Waals surface area (Å²) in [4.78, 5) is 16.2. The van der Waals surface area contributed by atoms with E-state index in [4.69, 9.17) is 14.5 Å². The molecule has 0 saturated heterocycles. The molecule has 0 unspecified atom stereocenters. The second-order valence-corrected chi connectivity index (χ2v) is 6.89. The third-order valence-electron chi connectivity index (χ3n) is 4.95. The van der Waals surface area contributed by atoms with Gasteiger partial charge in [-0.1, -0.05) is 0 Å². The third kappa shape index (κ3) is 3.74. The van der Waals surface area contributed by atoms with E-state index >= 15 is 0 Å². The fraction of sp³-hybridized carbons (Fsp3) is 0.526. The predicted molar refractivity (Wildman–Crippen MR) is 93.6 cm³/mol. The van der Waals surface area contributed by atoms with E-state index in [1.54, 1.807) is 14.2 Å². The number of nitrogens with zero attached hydrogens (tertiary/aromatic N) is 4. The van der Waals surface area contributed by atoms with Crippen molar-refractivity contribution in [2.45, 2.75) is 38.8 Å². The van der Waals surface area contributed by atoms with Crippen LogP contribution in [-0.2, 0) is 25.9 Å². The van der Waals surface area contributed by atoms with Crippen LogP contribution in [0, 0.1) is 5.92 Å². The first-order valence-electron chi connectivity index (χ1n) is 8.89. The van der Waals surface area contributed by atoms with Crippen molar-refractivity contribution in [1.29, 1.82) is 0 Å². The summed E-state index contributed by atoms with van der Waals surface area (Å²) in [6, 6.07) is 3.91. The minimum Gasteiger partial charge on any atom is -0.481 e. The van der Waals surface area contributed by atoms with Crippen LogP contribution in [0.5, 0.6) is 11.8 Å². The summed E-state index contributed by atoms with van der Waals surface area (Å²) >= 11 is 0. The molecule has 6 heteroatoms. The summed E-state index contributed by atoms with van der Waals surface area (Å²) in [5, 5.41) is 0. The lowest BCUT2D eigenvalue weighted by molar-refractivity contribution is 0.235. The lowest BCUT2D eigenvalue weighted by Crippen LogP contribution is -2.31. The average molecular weight is 340 g/mol. The molecule has 1 aliphatic heterocycles. The van der Waals surface area contributed by atoms with Gasteiger partial charge in [0.25, 0.3) is 0 Å². The van der Waals surface area contributed by atoms with Crippen molar-refractivity contribution in [3.63, 3.8) is 0 Å². The van der Waals surface area contributed by atoms with Crippen LogP contribution in [0.1, 0.15) is 35.5 Å². The summed E-state index contributed by atoms with van der Waals surface area (Å²) in [7, 11) is 3.26. The van der Waals surface area contributed by atoms with E-state index in [-0.39, 0.29) is 0 Å². The standard InChI is InChI=1S/C19H24N4O2/c1-24-18-6-5-15(19(22-18)25-2)11-23-8-7-14-10-20-17(9-13-3-4-13)21-16(14)12-23/h5-6,10,13H,3-4,7-9,11-12H2,1-2H3. The van der Waals surface area contributed by atoms with Crippen LogP contribution >= 0.6 is 0 Å². The van der Waals surface area contributed by atoms with Gasteiger partial charge < -0.3 is 9.47 Å². The van der Waals surface area contributed by atoms with Crippen molar-refractivity contribution in [3.8, 4) is 11.8 Å². The summed E-state index contributed by atoms with van der Waals surface area (Å²) in [6.45, 7) is 2.64. The Labute approximate surface area is 148 Å². The molecule has 0 N–H and O–H groups in total. The van der Waals surface area contributed by atoms with Gasteiger partial charge in [-0.15, -0.1) is 0 Å². The molecule has 1 saturated carbocycles. The SMILES string of the molecule is COc1ccc(CN2CCc3cnc(CC4CC4)nc3C2)c(OC)n1. The molecule has 0 spiro atoms. The van der Waals surface area contributed by atoms with Gasteiger partial charge in [-0.25, -0.2) is 9.97 Å². The zero-order valence-corrected chi connectivity index (χ0v) is 14.9. The highest BCUT2D eigenvalue weighted by Crippen LogP contribution is 2.32. The number of rotatable bonds is 6. The summed E-state index contributed by atoms with van der Waals surface area (Å²) in [5.74, 6) is 3.02. The van der Waals surface area contributed by atoms with Gasteiger partial charge in [0, 0.05) is 43.9 Å². The van der Waals surface area contributed by atoms with E-state index < -0.39 is 0 Å². The van der Waals surface area contributed by atoms with Gasteiger partial charge in [0.15, 0.2) is 0 Å². The van der Waals surface area contributed by atoms with Gasteiger partial charge in [-0.3, -0.25) is 4.90 Å². The van der Waals surface area contributed by atoms with E-state index in [0.29, 0.717) is 11.8 Å². The Morgan fingerprint density at radius 1 is 1.16 bits per heavy atom. The monoisotopic (exact) mass is 340 g/mol. The van der Waals surface area contributed by atoms with Crippen molar-refractivity contribution < 1.29 is 9.47 Å². The molecule has 0 amide bonds. The molecule has 0 radical (unpaired) electrons. The van der Waals surface area contributed by atoms with Crippen LogP contribution in [0.25, 0.3) is 0 Å². The number of hydrogen-bond acceptors (Lipinski definition) is 6. The lowest BCUT2D eigenvalue weighted by Gasteiger charge is -2.28. The first-order valence-corrected chi connectivity index (χ1v) is 8.89. The van der Waals surface area contributed by atoms with Crippen LogP contribution < -0.4 is 9.47 Å². The molecular weight excluding hydrogens is 316 g/mol. The second kappa shape index (κ2) is 6.96. The lowest BCUT2D eigenvalue weighted by atomic mass is 10.1. The van der Waals surface area contributed by atoms with Crippen molar-refractivity contribution in [2.75, 3.05) is 20.8 Å². The topological polar surface area (TPSA) is 60.4 Å². The molecule has 1 aliphatic carbocycles. The van der Waals surface area contributed by atoms with Gasteiger partial charge >= 0.3 is 0 Å². The number of fused-ring (bicyclic) bond motifs is 1. The summed E-state index contributed by atoms with van der Waals surface area (Å²) in [6.07, 6.45) is 6.72.